The van der Waals surface area contributed by atoms with Gasteiger partial charge in [0.15, 0.2) is 5.13 Å². The van der Waals surface area contributed by atoms with Crippen LogP contribution < -0.4 is 5.32 Å². The number of carbonyl (C=O) groups excluding carboxylic acids is 1. The summed E-state index contributed by atoms with van der Waals surface area (Å²) in [5.74, 6) is -0.353. The van der Waals surface area contributed by atoms with Crippen LogP contribution in [0.3, 0.4) is 0 Å². The number of hydrogen-bond donors (Lipinski definition) is 1. The predicted molar refractivity (Wildman–Crippen MR) is 131 cm³/mol. The summed E-state index contributed by atoms with van der Waals surface area (Å²) in [6.07, 6.45) is 1.98. The SMILES string of the molecule is Cc1cc(C)c(-c2csc(NC(=O)C3CCCCN3S(=O)(=O)c3ccc(Cl)s3)n2)c(C)c1. The Balaban J connectivity index is 1.56. The molecule has 0 radical (unpaired) electrons. The first-order valence-electron chi connectivity index (χ1n) is 10.3. The number of anilines is 1. The van der Waals surface area contributed by atoms with Crippen LogP contribution in [0.5, 0.6) is 0 Å². The first-order valence-corrected chi connectivity index (χ1v) is 13.8. The maximum atomic E-state index is 13.1. The molecule has 1 fully saturated rings. The number of nitrogens with one attached hydrogen (secondary N) is 1. The second-order valence-electron chi connectivity index (χ2n) is 7.99. The molecule has 1 unspecified atom stereocenters. The van der Waals surface area contributed by atoms with Crippen molar-refractivity contribution in [3.05, 3.63) is 50.7 Å². The van der Waals surface area contributed by atoms with E-state index in [1.807, 2.05) is 5.38 Å². The third-order valence-corrected chi connectivity index (χ3v) is 9.90. The van der Waals surface area contributed by atoms with Crippen LogP contribution in [0.15, 0.2) is 33.9 Å². The van der Waals surface area contributed by atoms with Gasteiger partial charge in [-0.2, -0.15) is 4.31 Å². The normalized spacial score (nSPS) is 17.4. The van der Waals surface area contributed by atoms with E-state index in [2.05, 4.69) is 43.2 Å². The highest BCUT2D eigenvalue weighted by Gasteiger charge is 2.38. The Morgan fingerprint density at radius 2 is 1.91 bits per heavy atom. The molecule has 0 aliphatic carbocycles. The average molecular weight is 510 g/mol. The van der Waals surface area contributed by atoms with E-state index in [0.717, 1.165) is 46.6 Å². The number of nitrogens with zero attached hydrogens (tertiary/aromatic N) is 2. The number of amides is 1. The maximum Gasteiger partial charge on any atom is 0.253 e. The molecule has 1 saturated heterocycles. The van der Waals surface area contributed by atoms with Crippen molar-refractivity contribution in [3.63, 3.8) is 0 Å². The number of aromatic nitrogens is 1. The number of thiophene rings is 1. The number of halogens is 1. The Hall–Kier alpha value is -1.78. The number of aryl methyl sites for hydroxylation is 3. The minimum Gasteiger partial charge on any atom is -0.301 e. The zero-order valence-electron chi connectivity index (χ0n) is 18.0. The lowest BCUT2D eigenvalue weighted by Crippen LogP contribution is -2.49. The van der Waals surface area contributed by atoms with E-state index >= 15 is 0 Å². The number of benzene rings is 1. The van der Waals surface area contributed by atoms with Crippen molar-refractivity contribution in [2.24, 2.45) is 0 Å². The molecule has 1 amide bonds. The summed E-state index contributed by atoms with van der Waals surface area (Å²) in [6, 6.07) is 6.50. The Labute approximate surface area is 201 Å². The van der Waals surface area contributed by atoms with Gasteiger partial charge >= 0.3 is 0 Å². The van der Waals surface area contributed by atoms with Gasteiger partial charge in [0, 0.05) is 17.5 Å². The van der Waals surface area contributed by atoms with Crippen LogP contribution in [0, 0.1) is 20.8 Å². The van der Waals surface area contributed by atoms with Crippen LogP contribution in [0.25, 0.3) is 11.3 Å². The molecule has 32 heavy (non-hydrogen) atoms. The summed E-state index contributed by atoms with van der Waals surface area (Å²) in [5, 5.41) is 5.23. The largest absolute Gasteiger partial charge is 0.301 e. The van der Waals surface area contributed by atoms with Crippen LogP contribution in [-0.4, -0.2) is 36.2 Å². The van der Waals surface area contributed by atoms with Crippen molar-refractivity contribution < 1.29 is 13.2 Å². The molecule has 1 N–H and O–H groups in total. The molecule has 0 spiro atoms. The third-order valence-electron chi connectivity index (χ3n) is 5.54. The number of rotatable bonds is 5. The average Bonchev–Trinajstić information content (AvgIpc) is 3.37. The molecule has 3 aromatic rings. The summed E-state index contributed by atoms with van der Waals surface area (Å²) in [5.41, 5.74) is 5.32. The Morgan fingerprint density at radius 1 is 1.19 bits per heavy atom. The maximum absolute atomic E-state index is 13.1. The lowest BCUT2D eigenvalue weighted by Gasteiger charge is -2.32. The minimum absolute atomic E-state index is 0.157. The van der Waals surface area contributed by atoms with Crippen LogP contribution in [0.4, 0.5) is 5.13 Å². The smallest absolute Gasteiger partial charge is 0.253 e. The molecule has 1 aromatic carbocycles. The first kappa shape index (κ1) is 23.4. The van der Waals surface area contributed by atoms with Gasteiger partial charge in [0.05, 0.1) is 10.0 Å². The standard InChI is InChI=1S/C22H24ClN3O3S3/c1-13-10-14(2)20(15(3)11-13)16-12-30-22(24-16)25-21(27)17-6-4-5-9-26(17)32(28,29)19-8-7-18(23)31-19/h7-8,10-12,17H,4-6,9H2,1-3H3,(H,24,25,27). The summed E-state index contributed by atoms with van der Waals surface area (Å²) in [4.78, 5) is 17.7. The lowest BCUT2D eigenvalue weighted by molar-refractivity contribution is -0.120. The molecule has 3 heterocycles. The Kier molecular flexibility index (Phi) is 6.74. The molecule has 0 saturated carbocycles. The lowest BCUT2D eigenvalue weighted by atomic mass is 9.98. The van der Waals surface area contributed by atoms with E-state index in [4.69, 9.17) is 11.6 Å². The van der Waals surface area contributed by atoms with Crippen molar-refractivity contribution in [2.45, 2.75) is 50.3 Å². The summed E-state index contributed by atoms with van der Waals surface area (Å²) in [6.45, 7) is 6.47. The van der Waals surface area contributed by atoms with Crippen molar-refractivity contribution in [2.75, 3.05) is 11.9 Å². The van der Waals surface area contributed by atoms with Gasteiger partial charge in [-0.1, -0.05) is 35.7 Å². The van der Waals surface area contributed by atoms with Crippen LogP contribution in [0.2, 0.25) is 4.34 Å². The number of piperidine rings is 1. The highest BCUT2D eigenvalue weighted by atomic mass is 35.5. The zero-order chi connectivity index (χ0) is 23.0. The van der Waals surface area contributed by atoms with E-state index in [0.29, 0.717) is 22.4 Å². The molecule has 1 aliphatic heterocycles. The Morgan fingerprint density at radius 3 is 2.56 bits per heavy atom. The number of carbonyl (C=O) groups is 1. The molecule has 4 rings (SSSR count). The van der Waals surface area contributed by atoms with Gasteiger partial charge in [0.25, 0.3) is 10.0 Å². The highest BCUT2D eigenvalue weighted by molar-refractivity contribution is 7.91. The molecular formula is C22H24ClN3O3S3. The van der Waals surface area contributed by atoms with E-state index in [-0.39, 0.29) is 10.1 Å². The molecule has 1 atom stereocenters. The quantitative estimate of drug-likeness (QED) is 0.483. The van der Waals surface area contributed by atoms with Crippen LogP contribution in [0.1, 0.15) is 36.0 Å². The fraction of sp³-hybridized carbons (Fsp3) is 0.364. The molecular weight excluding hydrogens is 486 g/mol. The van der Waals surface area contributed by atoms with Gasteiger partial charge in [-0.25, -0.2) is 13.4 Å². The summed E-state index contributed by atoms with van der Waals surface area (Å²) >= 11 is 8.29. The first-order chi connectivity index (χ1) is 15.2. The second kappa shape index (κ2) is 9.23. The number of hydrogen-bond acceptors (Lipinski definition) is 6. The number of thiazole rings is 1. The van der Waals surface area contributed by atoms with Crippen LogP contribution in [-0.2, 0) is 14.8 Å². The predicted octanol–water partition coefficient (Wildman–Crippen LogP) is 5.63. The van der Waals surface area contributed by atoms with E-state index in [1.165, 1.54) is 27.3 Å². The fourth-order valence-electron chi connectivity index (χ4n) is 4.23. The van der Waals surface area contributed by atoms with E-state index < -0.39 is 16.1 Å². The fourth-order valence-corrected chi connectivity index (χ4v) is 8.20. The Bertz CT molecular complexity index is 1240. The van der Waals surface area contributed by atoms with Crippen molar-refractivity contribution >= 4 is 55.3 Å². The molecule has 10 heteroatoms. The van der Waals surface area contributed by atoms with E-state index in [1.54, 1.807) is 6.07 Å². The summed E-state index contributed by atoms with van der Waals surface area (Å²) < 4.78 is 28.1. The number of sulfonamides is 1. The topological polar surface area (TPSA) is 79.4 Å². The molecule has 0 bridgehead atoms. The second-order valence-corrected chi connectivity index (χ2v) is 12.7. The van der Waals surface area contributed by atoms with Gasteiger partial charge in [-0.3, -0.25) is 4.79 Å². The highest BCUT2D eigenvalue weighted by Crippen LogP contribution is 2.34. The minimum atomic E-state index is -3.79. The zero-order valence-corrected chi connectivity index (χ0v) is 21.2. The molecule has 170 valence electrons. The van der Waals surface area contributed by atoms with Crippen molar-refractivity contribution in [1.82, 2.24) is 9.29 Å². The van der Waals surface area contributed by atoms with Crippen molar-refractivity contribution in [3.8, 4) is 11.3 Å². The van der Waals surface area contributed by atoms with Crippen LogP contribution >= 0.6 is 34.3 Å². The van der Waals surface area contributed by atoms with Gasteiger partial charge in [0.2, 0.25) is 5.91 Å². The van der Waals surface area contributed by atoms with Crippen molar-refractivity contribution in [1.29, 1.82) is 0 Å². The van der Waals surface area contributed by atoms with E-state index in [9.17, 15) is 13.2 Å². The van der Waals surface area contributed by atoms with Gasteiger partial charge in [-0.05, 0) is 56.9 Å². The van der Waals surface area contributed by atoms with Gasteiger partial charge < -0.3 is 5.32 Å². The molecule has 2 aromatic heterocycles. The summed E-state index contributed by atoms with van der Waals surface area (Å²) in [7, 11) is -3.79. The molecule has 6 nitrogen and oxygen atoms in total. The third kappa shape index (κ3) is 4.63. The monoisotopic (exact) mass is 509 g/mol. The molecule has 1 aliphatic rings. The van der Waals surface area contributed by atoms with Gasteiger partial charge in [-0.15, -0.1) is 22.7 Å². The van der Waals surface area contributed by atoms with Gasteiger partial charge in [0.1, 0.15) is 10.3 Å².